The summed E-state index contributed by atoms with van der Waals surface area (Å²) in [7, 11) is 0. The third-order valence-corrected chi connectivity index (χ3v) is 4.52. The molecule has 0 N–H and O–H groups in total. The topological polar surface area (TPSA) is 89.6 Å². The van der Waals surface area contributed by atoms with Crippen LogP contribution in [0.1, 0.15) is 27.7 Å². The van der Waals surface area contributed by atoms with Crippen LogP contribution in [0.2, 0.25) is 0 Å². The fraction of sp³-hybridized carbons (Fsp3) is 0.750. The van der Waals surface area contributed by atoms with Crippen molar-refractivity contribution in [3.63, 3.8) is 0 Å². The molecule has 2 aliphatic heterocycles. The van der Waals surface area contributed by atoms with Crippen molar-refractivity contribution in [1.29, 1.82) is 0 Å². The zero-order valence-corrected chi connectivity index (χ0v) is 15.0. The highest BCUT2D eigenvalue weighted by Gasteiger charge is 2.31. The molecule has 2 fully saturated rings. The molecule has 25 heavy (non-hydrogen) atoms. The molecule has 4 atom stereocenters. The first-order valence-electron chi connectivity index (χ1n) is 8.80. The highest BCUT2D eigenvalue weighted by molar-refractivity contribution is 5.75. The van der Waals surface area contributed by atoms with Gasteiger partial charge in [0, 0.05) is 26.2 Å². The lowest BCUT2D eigenvalue weighted by Crippen LogP contribution is -2.49. The second-order valence-electron chi connectivity index (χ2n) is 7.11. The molecule has 4 unspecified atom stereocenters. The summed E-state index contributed by atoms with van der Waals surface area (Å²) in [6.07, 6.45) is 0.526. The first-order chi connectivity index (χ1) is 12.0. The van der Waals surface area contributed by atoms with E-state index in [1.54, 1.807) is 0 Å². The largest absolute Gasteiger partial charge is 0.372 e. The molecule has 0 saturated carbocycles. The van der Waals surface area contributed by atoms with Crippen LogP contribution in [0.25, 0.3) is 11.3 Å². The van der Waals surface area contributed by atoms with E-state index < -0.39 is 0 Å². The van der Waals surface area contributed by atoms with E-state index >= 15 is 0 Å². The molecule has 4 heterocycles. The van der Waals surface area contributed by atoms with Crippen LogP contribution in [-0.2, 0) is 9.47 Å². The number of nitrogens with zero attached hydrogens (tertiary/aromatic N) is 6. The molecule has 9 nitrogen and oxygen atoms in total. The summed E-state index contributed by atoms with van der Waals surface area (Å²) in [5.74, 6) is 1.62. The van der Waals surface area contributed by atoms with Gasteiger partial charge in [0.1, 0.15) is 0 Å². The van der Waals surface area contributed by atoms with Gasteiger partial charge in [-0.1, -0.05) is 0 Å². The predicted octanol–water partition coefficient (Wildman–Crippen LogP) is 1.24. The van der Waals surface area contributed by atoms with E-state index in [1.165, 1.54) is 0 Å². The maximum atomic E-state index is 5.86. The quantitative estimate of drug-likeness (QED) is 0.795. The van der Waals surface area contributed by atoms with Gasteiger partial charge >= 0.3 is 0 Å². The standard InChI is InChI=1S/C16H24N6O3/c1-9-5-21(6-10(2)23-9)15-16(18-14-13(17-15)19-25-20-14)22-7-11(3)24-12(4)8-22/h9-12H,5-8H2,1-4H3. The van der Waals surface area contributed by atoms with Gasteiger partial charge in [-0.15, -0.1) is 0 Å². The predicted molar refractivity (Wildman–Crippen MR) is 91.8 cm³/mol. The molecule has 2 saturated heterocycles. The average molecular weight is 348 g/mol. The second kappa shape index (κ2) is 6.38. The van der Waals surface area contributed by atoms with Gasteiger partial charge in [-0.25, -0.2) is 14.6 Å². The Balaban J connectivity index is 1.76. The SMILES string of the molecule is CC1CN(c2nc3nonc3nc2N2CC(C)OC(C)C2)CC(C)O1. The molecule has 9 heteroatoms. The molecule has 0 amide bonds. The minimum Gasteiger partial charge on any atom is -0.372 e. The lowest BCUT2D eigenvalue weighted by molar-refractivity contribution is -0.00721. The van der Waals surface area contributed by atoms with E-state index in [2.05, 4.69) is 47.8 Å². The van der Waals surface area contributed by atoms with Gasteiger partial charge in [0.15, 0.2) is 11.6 Å². The molecule has 0 bridgehead atoms. The van der Waals surface area contributed by atoms with Crippen LogP contribution >= 0.6 is 0 Å². The summed E-state index contributed by atoms with van der Waals surface area (Å²) >= 11 is 0. The average Bonchev–Trinajstić information content (AvgIpc) is 2.99. The summed E-state index contributed by atoms with van der Waals surface area (Å²) in [5.41, 5.74) is 0.861. The van der Waals surface area contributed by atoms with E-state index in [-0.39, 0.29) is 24.4 Å². The van der Waals surface area contributed by atoms with Crippen LogP contribution in [-0.4, -0.2) is 70.9 Å². The molecule has 0 spiro atoms. The van der Waals surface area contributed by atoms with Crippen molar-refractivity contribution in [2.45, 2.75) is 52.1 Å². The smallest absolute Gasteiger partial charge is 0.245 e. The number of ether oxygens (including phenoxy) is 2. The number of anilines is 2. The number of hydrogen-bond acceptors (Lipinski definition) is 9. The van der Waals surface area contributed by atoms with E-state index in [4.69, 9.17) is 24.1 Å². The van der Waals surface area contributed by atoms with Crippen molar-refractivity contribution in [2.75, 3.05) is 36.0 Å². The van der Waals surface area contributed by atoms with E-state index in [9.17, 15) is 0 Å². The zero-order chi connectivity index (χ0) is 17.6. The molecule has 2 aromatic rings. The third-order valence-electron chi connectivity index (χ3n) is 4.52. The molecule has 0 radical (unpaired) electrons. The third kappa shape index (κ3) is 3.25. The molecular weight excluding hydrogens is 324 g/mol. The highest BCUT2D eigenvalue weighted by Crippen LogP contribution is 2.31. The van der Waals surface area contributed by atoms with Crippen LogP contribution in [0.15, 0.2) is 4.63 Å². The molecule has 2 aromatic heterocycles. The number of morpholine rings is 2. The molecule has 0 aromatic carbocycles. The monoisotopic (exact) mass is 348 g/mol. The lowest BCUT2D eigenvalue weighted by atomic mass is 10.2. The first-order valence-corrected chi connectivity index (χ1v) is 8.80. The second-order valence-corrected chi connectivity index (χ2v) is 7.11. The minimum absolute atomic E-state index is 0.132. The summed E-state index contributed by atoms with van der Waals surface area (Å²) in [4.78, 5) is 13.9. The van der Waals surface area contributed by atoms with Gasteiger partial charge in [-0.2, -0.15) is 0 Å². The van der Waals surface area contributed by atoms with Gasteiger partial charge in [-0.05, 0) is 38.0 Å². The Morgan fingerprint density at radius 2 is 1.04 bits per heavy atom. The normalized spacial score (nSPS) is 30.9. The van der Waals surface area contributed by atoms with Crippen molar-refractivity contribution >= 4 is 22.9 Å². The van der Waals surface area contributed by atoms with Gasteiger partial charge < -0.3 is 19.3 Å². The van der Waals surface area contributed by atoms with Crippen LogP contribution in [0, 0.1) is 0 Å². The molecule has 2 aliphatic rings. The Hall–Kier alpha value is -2.00. The summed E-state index contributed by atoms with van der Waals surface area (Å²) < 4.78 is 16.5. The molecule has 0 aliphatic carbocycles. The highest BCUT2D eigenvalue weighted by atomic mass is 16.6. The Kier molecular flexibility index (Phi) is 4.20. The first kappa shape index (κ1) is 16.5. The van der Waals surface area contributed by atoms with E-state index in [1.807, 2.05) is 0 Å². The Labute approximate surface area is 146 Å². The Bertz CT molecular complexity index is 673. The molecule has 136 valence electrons. The lowest BCUT2D eigenvalue weighted by Gasteiger charge is -2.40. The number of rotatable bonds is 2. The maximum Gasteiger partial charge on any atom is 0.245 e. The number of fused-ring (bicyclic) bond motifs is 1. The van der Waals surface area contributed by atoms with Gasteiger partial charge in [0.05, 0.1) is 24.4 Å². The Morgan fingerprint density at radius 1 is 0.680 bits per heavy atom. The van der Waals surface area contributed by atoms with Gasteiger partial charge in [-0.3, -0.25) is 0 Å². The van der Waals surface area contributed by atoms with Crippen LogP contribution < -0.4 is 9.80 Å². The fourth-order valence-electron chi connectivity index (χ4n) is 3.75. The van der Waals surface area contributed by atoms with Crippen molar-refractivity contribution < 1.29 is 14.1 Å². The van der Waals surface area contributed by atoms with Crippen LogP contribution in [0.3, 0.4) is 0 Å². The minimum atomic E-state index is 0.132. The van der Waals surface area contributed by atoms with E-state index in [0.717, 1.165) is 37.8 Å². The summed E-state index contributed by atoms with van der Waals surface area (Å²) in [5, 5.41) is 7.74. The van der Waals surface area contributed by atoms with Crippen LogP contribution in [0.5, 0.6) is 0 Å². The van der Waals surface area contributed by atoms with Crippen molar-refractivity contribution in [3.8, 4) is 0 Å². The number of aromatic nitrogens is 4. The molecule has 4 rings (SSSR count). The van der Waals surface area contributed by atoms with E-state index in [0.29, 0.717) is 11.3 Å². The van der Waals surface area contributed by atoms with Crippen molar-refractivity contribution in [2.24, 2.45) is 0 Å². The van der Waals surface area contributed by atoms with Gasteiger partial charge in [0.25, 0.3) is 0 Å². The fourth-order valence-corrected chi connectivity index (χ4v) is 3.75. The van der Waals surface area contributed by atoms with Crippen LogP contribution in [0.4, 0.5) is 11.6 Å². The van der Waals surface area contributed by atoms with Crippen molar-refractivity contribution in [1.82, 2.24) is 20.3 Å². The molecular formula is C16H24N6O3. The number of hydrogen-bond donors (Lipinski definition) is 0. The van der Waals surface area contributed by atoms with Crippen molar-refractivity contribution in [3.05, 3.63) is 0 Å². The summed E-state index contributed by atoms with van der Waals surface area (Å²) in [6, 6.07) is 0. The Morgan fingerprint density at radius 3 is 1.40 bits per heavy atom. The zero-order valence-electron chi connectivity index (χ0n) is 15.0. The summed E-state index contributed by atoms with van der Waals surface area (Å²) in [6.45, 7) is 11.3. The maximum absolute atomic E-state index is 5.86. The van der Waals surface area contributed by atoms with Gasteiger partial charge in [0.2, 0.25) is 11.3 Å².